The number of hydrogen-bond acceptors (Lipinski definition) is 5. The van der Waals surface area contributed by atoms with Crippen molar-refractivity contribution < 1.29 is 4.79 Å². The van der Waals surface area contributed by atoms with Crippen LogP contribution < -0.4 is 11.2 Å². The summed E-state index contributed by atoms with van der Waals surface area (Å²) >= 11 is 1.56. The summed E-state index contributed by atoms with van der Waals surface area (Å²) in [5.74, 6) is -0.287. The van der Waals surface area contributed by atoms with Crippen molar-refractivity contribution >= 4 is 28.4 Å². The number of imidazole rings is 1. The molecule has 1 aliphatic carbocycles. The van der Waals surface area contributed by atoms with E-state index in [1.54, 1.807) is 29.6 Å². The molecule has 0 N–H and O–H groups in total. The Bertz CT molecular complexity index is 1410. The first kappa shape index (κ1) is 22.3. The summed E-state index contributed by atoms with van der Waals surface area (Å²) in [5.41, 5.74) is 0.729. The fraction of sp³-hybridized carbons (Fsp3) is 0.360. The smallest absolute Gasteiger partial charge is 0.333 e. The number of aromatic nitrogens is 4. The molecule has 1 amide bonds. The van der Waals surface area contributed by atoms with Crippen LogP contribution in [0.3, 0.4) is 0 Å². The van der Waals surface area contributed by atoms with Crippen LogP contribution in [0.15, 0.2) is 63.8 Å². The average Bonchev–Trinajstić information content (AvgIpc) is 3.61. The molecule has 0 spiro atoms. The van der Waals surface area contributed by atoms with Gasteiger partial charge in [-0.15, -0.1) is 11.3 Å². The van der Waals surface area contributed by atoms with Crippen molar-refractivity contribution in [3.63, 3.8) is 0 Å². The Balaban J connectivity index is 1.58. The SMILES string of the molecule is CN(Cc1cccs1)C(=O)Cn1c(=O)c2c(ncn2C2CCCC2)n(Cc2ccccc2)c1=O. The zero-order valence-electron chi connectivity index (χ0n) is 19.1. The summed E-state index contributed by atoms with van der Waals surface area (Å²) < 4.78 is 4.51. The average molecular weight is 478 g/mol. The summed E-state index contributed by atoms with van der Waals surface area (Å²) in [4.78, 5) is 47.2. The molecule has 0 unspecified atom stereocenters. The molecule has 0 saturated heterocycles. The van der Waals surface area contributed by atoms with E-state index in [1.807, 2.05) is 52.4 Å². The quantitative estimate of drug-likeness (QED) is 0.409. The molecule has 34 heavy (non-hydrogen) atoms. The number of likely N-dealkylation sites (N-methyl/N-ethyl adjacent to an activating group) is 1. The van der Waals surface area contributed by atoms with Gasteiger partial charge in [0.25, 0.3) is 5.56 Å². The van der Waals surface area contributed by atoms with Crippen LogP contribution >= 0.6 is 11.3 Å². The predicted molar refractivity (Wildman–Crippen MR) is 132 cm³/mol. The molecule has 1 fully saturated rings. The van der Waals surface area contributed by atoms with E-state index < -0.39 is 11.2 Å². The molecule has 4 aromatic rings. The number of carbonyl (C=O) groups excluding carboxylic acids is 1. The number of hydrogen-bond donors (Lipinski definition) is 0. The van der Waals surface area contributed by atoms with Gasteiger partial charge in [0.2, 0.25) is 5.91 Å². The van der Waals surface area contributed by atoms with Crippen molar-refractivity contribution in [2.45, 2.75) is 51.4 Å². The van der Waals surface area contributed by atoms with Gasteiger partial charge in [0.05, 0.1) is 19.4 Å². The third-order valence-corrected chi connectivity index (χ3v) is 7.39. The van der Waals surface area contributed by atoms with E-state index in [2.05, 4.69) is 4.98 Å². The van der Waals surface area contributed by atoms with Crippen LogP contribution in [0.5, 0.6) is 0 Å². The van der Waals surface area contributed by atoms with Crippen LogP contribution in [0.1, 0.15) is 42.2 Å². The van der Waals surface area contributed by atoms with Crippen LogP contribution in [0.2, 0.25) is 0 Å². The van der Waals surface area contributed by atoms with Gasteiger partial charge in [-0.3, -0.25) is 14.2 Å². The van der Waals surface area contributed by atoms with Gasteiger partial charge in [-0.2, -0.15) is 0 Å². The number of rotatable bonds is 7. The van der Waals surface area contributed by atoms with Gasteiger partial charge >= 0.3 is 5.69 Å². The van der Waals surface area contributed by atoms with Crippen molar-refractivity contribution in [2.75, 3.05) is 7.05 Å². The fourth-order valence-electron chi connectivity index (χ4n) is 4.69. The summed E-state index contributed by atoms with van der Waals surface area (Å²) in [7, 11) is 1.69. The Labute approximate surface area is 200 Å². The van der Waals surface area contributed by atoms with E-state index in [1.165, 1.54) is 4.57 Å². The lowest BCUT2D eigenvalue weighted by molar-refractivity contribution is -0.131. The summed E-state index contributed by atoms with van der Waals surface area (Å²) in [6.45, 7) is 0.406. The lowest BCUT2D eigenvalue weighted by atomic mass is 10.2. The lowest BCUT2D eigenvalue weighted by Gasteiger charge is -2.18. The molecule has 1 aromatic carbocycles. The highest BCUT2D eigenvalue weighted by Gasteiger charge is 2.25. The Morgan fingerprint density at radius 2 is 1.85 bits per heavy atom. The fourth-order valence-corrected chi connectivity index (χ4v) is 5.45. The molecular weight excluding hydrogens is 450 g/mol. The third-order valence-electron chi connectivity index (χ3n) is 6.53. The minimum Gasteiger partial charge on any atom is -0.339 e. The first-order valence-electron chi connectivity index (χ1n) is 11.5. The number of amides is 1. The highest BCUT2D eigenvalue weighted by atomic mass is 32.1. The summed E-state index contributed by atoms with van der Waals surface area (Å²) in [5, 5.41) is 1.96. The second-order valence-electron chi connectivity index (χ2n) is 8.84. The van der Waals surface area contributed by atoms with E-state index in [0.717, 1.165) is 40.7 Å². The zero-order valence-corrected chi connectivity index (χ0v) is 19.9. The van der Waals surface area contributed by atoms with Crippen molar-refractivity contribution in [3.05, 3.63) is 85.5 Å². The molecule has 8 nitrogen and oxygen atoms in total. The molecule has 9 heteroatoms. The molecule has 0 aliphatic heterocycles. The van der Waals surface area contributed by atoms with E-state index in [9.17, 15) is 14.4 Å². The molecular formula is C25H27N5O3S. The maximum atomic E-state index is 13.6. The normalized spacial score (nSPS) is 14.1. The van der Waals surface area contributed by atoms with Gasteiger partial charge in [0, 0.05) is 18.0 Å². The topological polar surface area (TPSA) is 82.1 Å². The molecule has 176 valence electrons. The van der Waals surface area contributed by atoms with E-state index >= 15 is 0 Å². The first-order valence-corrected chi connectivity index (χ1v) is 12.4. The van der Waals surface area contributed by atoms with Crippen LogP contribution in [-0.4, -0.2) is 36.5 Å². The van der Waals surface area contributed by atoms with Crippen molar-refractivity contribution in [2.24, 2.45) is 0 Å². The summed E-state index contributed by atoms with van der Waals surface area (Å²) in [6.07, 6.45) is 5.84. The predicted octanol–water partition coefficient (Wildman–Crippen LogP) is 3.24. The van der Waals surface area contributed by atoms with Gasteiger partial charge in [-0.1, -0.05) is 49.2 Å². The largest absolute Gasteiger partial charge is 0.339 e. The van der Waals surface area contributed by atoms with Gasteiger partial charge in [0.1, 0.15) is 6.54 Å². The summed E-state index contributed by atoms with van der Waals surface area (Å²) in [6, 6.07) is 13.7. The molecule has 0 atom stereocenters. The van der Waals surface area contributed by atoms with Crippen LogP contribution in [-0.2, 0) is 24.4 Å². The Morgan fingerprint density at radius 3 is 2.56 bits per heavy atom. The van der Waals surface area contributed by atoms with E-state index in [4.69, 9.17) is 0 Å². The molecule has 3 heterocycles. The van der Waals surface area contributed by atoms with E-state index in [-0.39, 0.29) is 25.0 Å². The monoisotopic (exact) mass is 477 g/mol. The van der Waals surface area contributed by atoms with Crippen molar-refractivity contribution in [1.82, 2.24) is 23.6 Å². The Hall–Kier alpha value is -3.46. The third kappa shape index (κ3) is 4.23. The Kier molecular flexibility index (Phi) is 6.19. The highest BCUT2D eigenvalue weighted by molar-refractivity contribution is 7.09. The molecule has 5 rings (SSSR count). The van der Waals surface area contributed by atoms with Gasteiger partial charge in [-0.05, 0) is 29.9 Å². The number of fused-ring (bicyclic) bond motifs is 1. The van der Waals surface area contributed by atoms with Gasteiger partial charge in [0.15, 0.2) is 11.2 Å². The molecule has 0 bridgehead atoms. The maximum Gasteiger partial charge on any atom is 0.333 e. The van der Waals surface area contributed by atoms with Crippen molar-refractivity contribution in [1.29, 1.82) is 0 Å². The standard InChI is InChI=1S/C25H27N5O3S/c1-27(15-20-12-7-13-34-20)21(31)16-29-24(32)22-23(26-17-30(22)19-10-5-6-11-19)28(25(29)33)14-18-8-3-2-4-9-18/h2-4,7-9,12-13,17,19H,5-6,10-11,14-16H2,1H3. The van der Waals surface area contributed by atoms with Crippen LogP contribution in [0.25, 0.3) is 11.2 Å². The maximum absolute atomic E-state index is 13.6. The number of thiophene rings is 1. The first-order chi connectivity index (χ1) is 16.5. The van der Waals surface area contributed by atoms with E-state index in [0.29, 0.717) is 17.7 Å². The second kappa shape index (κ2) is 9.42. The zero-order chi connectivity index (χ0) is 23.7. The molecule has 1 saturated carbocycles. The molecule has 3 aromatic heterocycles. The van der Waals surface area contributed by atoms with Gasteiger partial charge in [-0.25, -0.2) is 14.3 Å². The number of nitrogens with zero attached hydrogens (tertiary/aromatic N) is 5. The minimum absolute atomic E-state index is 0.186. The highest BCUT2D eigenvalue weighted by Crippen LogP contribution is 2.31. The minimum atomic E-state index is -0.518. The van der Waals surface area contributed by atoms with Gasteiger partial charge < -0.3 is 9.47 Å². The number of carbonyl (C=O) groups is 1. The molecule has 0 radical (unpaired) electrons. The van der Waals surface area contributed by atoms with Crippen molar-refractivity contribution in [3.8, 4) is 0 Å². The van der Waals surface area contributed by atoms with Crippen LogP contribution in [0.4, 0.5) is 0 Å². The second-order valence-corrected chi connectivity index (χ2v) is 9.87. The lowest BCUT2D eigenvalue weighted by Crippen LogP contribution is -2.44. The molecule has 1 aliphatic rings. The number of benzene rings is 1. The Morgan fingerprint density at radius 1 is 1.09 bits per heavy atom. The van der Waals surface area contributed by atoms with Crippen LogP contribution in [0, 0.1) is 0 Å².